The second-order valence-corrected chi connectivity index (χ2v) is 16.4. The lowest BCUT2D eigenvalue weighted by atomic mass is 9.93. The predicted octanol–water partition coefficient (Wildman–Crippen LogP) is 4.51. The van der Waals surface area contributed by atoms with Crippen LogP contribution in [0.3, 0.4) is 0 Å². The standard InChI is InChI=1S/C44H46N10O5/c45-40-38-39(28-6-9-33(10-7-28)59-32-4-2-1-3-5-32)49-54(41(38)47-26-46-40)29-16-20-52(21-17-29)31-24-50(25-31)23-27-14-18-51(19-15-27)30-8-11-34-35(22-30)44(58)53(43(34)57)36-12-13-37(55)48-42(36)56/h1-11,22,26-27,29,31,36H,12-21,23-25H2,(H2,45,46,47)(H,48,55,56). The van der Waals surface area contributed by atoms with Crippen LogP contribution < -0.4 is 20.7 Å². The number of hydrogen-bond acceptors (Lipinski definition) is 12. The minimum absolute atomic E-state index is 0.101. The monoisotopic (exact) mass is 794 g/mol. The van der Waals surface area contributed by atoms with Crippen LogP contribution in [-0.4, -0.2) is 116 Å². The second-order valence-electron chi connectivity index (χ2n) is 16.4. The van der Waals surface area contributed by atoms with Crippen LogP contribution in [0.2, 0.25) is 0 Å². The number of fused-ring (bicyclic) bond motifs is 2. The molecule has 1 atom stereocenters. The molecule has 5 aliphatic rings. The number of aromatic nitrogens is 4. The summed E-state index contributed by atoms with van der Waals surface area (Å²) in [5.74, 6) is 0.632. The molecule has 0 spiro atoms. The zero-order chi connectivity index (χ0) is 40.2. The van der Waals surface area contributed by atoms with Gasteiger partial charge in [0.1, 0.15) is 35.4 Å². The molecular weight excluding hydrogens is 749 g/mol. The van der Waals surface area contributed by atoms with Gasteiger partial charge in [-0.25, -0.2) is 14.6 Å². The summed E-state index contributed by atoms with van der Waals surface area (Å²) in [6, 6.07) is 22.8. The number of benzene rings is 3. The lowest BCUT2D eigenvalue weighted by Crippen LogP contribution is -2.61. The molecule has 0 bridgehead atoms. The number of nitrogens with two attached hydrogens (primary N) is 1. The second kappa shape index (κ2) is 15.2. The molecule has 59 heavy (non-hydrogen) atoms. The van der Waals surface area contributed by atoms with Gasteiger partial charge in [0.25, 0.3) is 11.8 Å². The summed E-state index contributed by atoms with van der Waals surface area (Å²) in [5, 5.41) is 8.16. The van der Waals surface area contributed by atoms with Crippen molar-refractivity contribution in [2.45, 2.75) is 56.7 Å². The molecule has 4 saturated heterocycles. The van der Waals surface area contributed by atoms with E-state index in [1.54, 1.807) is 12.1 Å². The van der Waals surface area contributed by atoms with Gasteiger partial charge in [-0.3, -0.25) is 39.2 Å². The van der Waals surface area contributed by atoms with Gasteiger partial charge in [-0.05, 0) is 92.6 Å². The van der Waals surface area contributed by atoms with Gasteiger partial charge in [-0.1, -0.05) is 18.2 Å². The molecule has 10 rings (SSSR count). The summed E-state index contributed by atoms with van der Waals surface area (Å²) < 4.78 is 8.08. The number of hydrogen-bond donors (Lipinski definition) is 2. The number of carbonyl (C=O) groups is 4. The topological polar surface area (TPSA) is 172 Å². The van der Waals surface area contributed by atoms with Crippen molar-refractivity contribution in [3.8, 4) is 22.8 Å². The van der Waals surface area contributed by atoms with Crippen molar-refractivity contribution in [1.82, 2.24) is 39.8 Å². The fourth-order valence-corrected chi connectivity index (χ4v) is 9.57. The van der Waals surface area contributed by atoms with Crippen LogP contribution >= 0.6 is 0 Å². The van der Waals surface area contributed by atoms with Gasteiger partial charge < -0.3 is 15.4 Å². The van der Waals surface area contributed by atoms with Gasteiger partial charge >= 0.3 is 0 Å². The lowest BCUT2D eigenvalue weighted by molar-refractivity contribution is -0.136. The Hall–Kier alpha value is -6.19. The van der Waals surface area contributed by atoms with Gasteiger partial charge in [-0.15, -0.1) is 0 Å². The Morgan fingerprint density at radius 2 is 1.49 bits per heavy atom. The van der Waals surface area contributed by atoms with E-state index in [4.69, 9.17) is 15.6 Å². The summed E-state index contributed by atoms with van der Waals surface area (Å²) in [7, 11) is 0. The Labute approximate surface area is 341 Å². The molecule has 15 nitrogen and oxygen atoms in total. The molecule has 3 N–H and O–H groups in total. The van der Waals surface area contributed by atoms with Crippen molar-refractivity contribution in [3.63, 3.8) is 0 Å². The maximum atomic E-state index is 13.4. The third-order valence-electron chi connectivity index (χ3n) is 12.8. The maximum Gasteiger partial charge on any atom is 0.262 e. The average molecular weight is 795 g/mol. The van der Waals surface area contributed by atoms with Gasteiger partial charge in [0, 0.05) is 69.5 Å². The number of imide groups is 2. The largest absolute Gasteiger partial charge is 0.457 e. The molecule has 302 valence electrons. The third kappa shape index (κ3) is 6.97. The normalized spacial score (nSPS) is 21.3. The van der Waals surface area contributed by atoms with Crippen molar-refractivity contribution in [2.75, 3.05) is 56.4 Å². The van der Waals surface area contributed by atoms with E-state index in [2.05, 4.69) is 34.7 Å². The number of nitrogens with zero attached hydrogens (tertiary/aromatic N) is 8. The van der Waals surface area contributed by atoms with Crippen LogP contribution in [-0.2, 0) is 9.59 Å². The number of anilines is 2. The molecule has 2 aromatic heterocycles. The Kier molecular flexibility index (Phi) is 9.56. The molecule has 15 heteroatoms. The van der Waals surface area contributed by atoms with Gasteiger partial charge in [0.15, 0.2) is 5.65 Å². The summed E-state index contributed by atoms with van der Waals surface area (Å²) in [4.78, 5) is 68.1. The van der Waals surface area contributed by atoms with Crippen molar-refractivity contribution < 1.29 is 23.9 Å². The highest BCUT2D eigenvalue weighted by molar-refractivity contribution is 6.23. The van der Waals surface area contributed by atoms with E-state index in [1.165, 1.54) is 6.33 Å². The van der Waals surface area contributed by atoms with E-state index in [1.807, 2.05) is 60.7 Å². The van der Waals surface area contributed by atoms with E-state index in [0.29, 0.717) is 28.9 Å². The van der Waals surface area contributed by atoms with Crippen LogP contribution in [0, 0.1) is 5.92 Å². The van der Waals surface area contributed by atoms with E-state index in [0.717, 1.165) is 116 Å². The van der Waals surface area contributed by atoms with Crippen LogP contribution in [0.5, 0.6) is 11.5 Å². The number of nitrogen functional groups attached to an aromatic ring is 1. The smallest absolute Gasteiger partial charge is 0.262 e. The predicted molar refractivity (Wildman–Crippen MR) is 220 cm³/mol. The number of likely N-dealkylation sites (tertiary alicyclic amines) is 2. The van der Waals surface area contributed by atoms with Crippen molar-refractivity contribution >= 4 is 46.2 Å². The van der Waals surface area contributed by atoms with Crippen LogP contribution in [0.1, 0.15) is 65.3 Å². The highest BCUT2D eigenvalue weighted by Gasteiger charge is 2.45. The molecule has 0 radical (unpaired) electrons. The quantitative estimate of drug-likeness (QED) is 0.201. The Balaban J connectivity index is 0.709. The first-order valence-electron chi connectivity index (χ1n) is 20.7. The first-order valence-corrected chi connectivity index (χ1v) is 20.7. The summed E-state index contributed by atoms with van der Waals surface area (Å²) in [5.41, 5.74) is 10.5. The molecule has 0 saturated carbocycles. The molecular formula is C44H46N10O5. The van der Waals surface area contributed by atoms with Gasteiger partial charge in [0.2, 0.25) is 11.8 Å². The molecule has 0 aliphatic carbocycles. The maximum absolute atomic E-state index is 13.4. The zero-order valence-corrected chi connectivity index (χ0v) is 32.7. The fraction of sp³-hybridized carbons (Fsp3) is 0.386. The van der Waals surface area contributed by atoms with E-state index in [-0.39, 0.29) is 24.8 Å². The first-order chi connectivity index (χ1) is 28.8. The van der Waals surface area contributed by atoms with Crippen molar-refractivity contribution in [2.24, 2.45) is 5.92 Å². The number of rotatable bonds is 9. The van der Waals surface area contributed by atoms with Crippen LogP contribution in [0.15, 0.2) is 79.1 Å². The first kappa shape index (κ1) is 37.1. The van der Waals surface area contributed by atoms with Gasteiger partial charge in [0.05, 0.1) is 22.6 Å². The minimum Gasteiger partial charge on any atom is -0.457 e. The molecule has 4 amide bonds. The van der Waals surface area contributed by atoms with Crippen molar-refractivity contribution in [3.05, 3.63) is 90.3 Å². The average Bonchev–Trinajstić information content (AvgIpc) is 3.75. The summed E-state index contributed by atoms with van der Waals surface area (Å²) >= 11 is 0. The van der Waals surface area contributed by atoms with Crippen molar-refractivity contribution in [1.29, 1.82) is 0 Å². The van der Waals surface area contributed by atoms with E-state index >= 15 is 0 Å². The minimum atomic E-state index is -0.961. The lowest BCUT2D eigenvalue weighted by Gasteiger charge is -2.49. The Morgan fingerprint density at radius 3 is 2.24 bits per heavy atom. The third-order valence-corrected chi connectivity index (χ3v) is 12.8. The number of amides is 4. The van der Waals surface area contributed by atoms with Crippen LogP contribution in [0.4, 0.5) is 11.5 Å². The molecule has 5 aliphatic heterocycles. The SMILES string of the molecule is Nc1ncnc2c1c(-c1ccc(Oc3ccccc3)cc1)nn2C1CCN(C2CN(CC3CCN(c4ccc5c(c4)C(=O)N(C4CCC(=O)NC4=O)C5=O)CC3)C2)CC1. The molecule has 5 aromatic rings. The summed E-state index contributed by atoms with van der Waals surface area (Å²) in [6.07, 6.45) is 5.85. The molecule has 7 heterocycles. The molecule has 1 unspecified atom stereocenters. The number of nitrogens with one attached hydrogen (secondary N) is 1. The van der Waals surface area contributed by atoms with Crippen LogP contribution in [0.25, 0.3) is 22.3 Å². The zero-order valence-electron chi connectivity index (χ0n) is 32.7. The fourth-order valence-electron chi connectivity index (χ4n) is 9.57. The highest BCUT2D eigenvalue weighted by atomic mass is 16.5. The molecule has 4 fully saturated rings. The number of carbonyl (C=O) groups excluding carboxylic acids is 4. The summed E-state index contributed by atoms with van der Waals surface area (Å²) in [6.45, 7) is 7.01. The molecule has 3 aromatic carbocycles. The Morgan fingerprint density at radius 1 is 0.763 bits per heavy atom. The van der Waals surface area contributed by atoms with Gasteiger partial charge in [-0.2, -0.15) is 5.10 Å². The number of piperidine rings is 3. The highest BCUT2D eigenvalue weighted by Crippen LogP contribution is 2.37. The number of ether oxygens (including phenoxy) is 1. The van der Waals surface area contributed by atoms with E-state index in [9.17, 15) is 19.2 Å². The van der Waals surface area contributed by atoms with E-state index < -0.39 is 23.8 Å². The Bertz CT molecular complexity index is 2430. The number of para-hydroxylation sites is 1.